The van der Waals surface area contributed by atoms with Crippen molar-refractivity contribution in [1.82, 2.24) is 4.90 Å². The molecule has 0 fully saturated rings. The molecule has 7 nitrogen and oxygen atoms in total. The molecule has 0 spiro atoms. The van der Waals surface area contributed by atoms with Crippen LogP contribution < -0.4 is 9.47 Å². The average Bonchev–Trinajstić information content (AvgIpc) is 2.94. The largest absolute Gasteiger partial charge is 0.508 e. The Kier molecular flexibility index (Phi) is 8.74. The van der Waals surface area contributed by atoms with Gasteiger partial charge in [0.1, 0.15) is 36.2 Å². The molecule has 0 aliphatic rings. The van der Waals surface area contributed by atoms with E-state index in [1.54, 1.807) is 72.8 Å². The van der Waals surface area contributed by atoms with Gasteiger partial charge < -0.3 is 19.7 Å². The van der Waals surface area contributed by atoms with E-state index in [0.29, 0.717) is 60.1 Å². The molecule has 0 amide bonds. The Bertz CT molecular complexity index is 1240. The lowest BCUT2D eigenvalue weighted by Gasteiger charge is -2.17. The summed E-state index contributed by atoms with van der Waals surface area (Å²) < 4.78 is 11.6. The molecule has 0 atom stereocenters. The van der Waals surface area contributed by atoms with Crippen molar-refractivity contribution in [2.75, 3.05) is 33.4 Å². The maximum Gasteiger partial charge on any atom is 0.193 e. The van der Waals surface area contributed by atoms with Crippen molar-refractivity contribution >= 4 is 11.6 Å². The summed E-state index contributed by atoms with van der Waals surface area (Å²) in [6.07, 6.45) is 0. The average molecular weight is 512 g/mol. The lowest BCUT2D eigenvalue weighted by Crippen LogP contribution is -2.28. The van der Waals surface area contributed by atoms with E-state index in [4.69, 9.17) is 9.47 Å². The molecule has 0 aromatic heterocycles. The SMILES string of the molecule is CN(CCOc1ccc(C(=O)c2ccc(O)cc2)cc1)CCOc1ccc(C(=O)c2ccc(O)cc2)cc1. The second-order valence-corrected chi connectivity index (χ2v) is 8.80. The van der Waals surface area contributed by atoms with Gasteiger partial charge in [-0.3, -0.25) is 14.5 Å². The zero-order valence-corrected chi connectivity index (χ0v) is 21.0. The summed E-state index contributed by atoms with van der Waals surface area (Å²) in [6.45, 7) is 2.35. The van der Waals surface area contributed by atoms with E-state index in [9.17, 15) is 19.8 Å². The van der Waals surface area contributed by atoms with Crippen LogP contribution in [0.15, 0.2) is 97.1 Å². The van der Waals surface area contributed by atoms with Crippen LogP contribution in [0.5, 0.6) is 23.0 Å². The van der Waals surface area contributed by atoms with Gasteiger partial charge in [0, 0.05) is 35.3 Å². The second kappa shape index (κ2) is 12.6. The fraction of sp³-hybridized carbons (Fsp3) is 0.161. The number of carbonyl (C=O) groups is 2. The van der Waals surface area contributed by atoms with Crippen molar-refractivity contribution in [2.45, 2.75) is 0 Å². The predicted octanol–water partition coefficient (Wildman–Crippen LogP) is 4.95. The first-order valence-electron chi connectivity index (χ1n) is 12.2. The summed E-state index contributed by atoms with van der Waals surface area (Å²) in [7, 11) is 1.98. The first kappa shape index (κ1) is 26.4. The normalized spacial score (nSPS) is 10.8. The maximum atomic E-state index is 12.5. The fourth-order valence-electron chi connectivity index (χ4n) is 3.71. The Morgan fingerprint density at radius 1 is 0.553 bits per heavy atom. The summed E-state index contributed by atoms with van der Waals surface area (Å²) in [5.74, 6) is 1.37. The number of ketones is 2. The molecule has 4 aromatic carbocycles. The first-order valence-corrected chi connectivity index (χ1v) is 12.2. The predicted molar refractivity (Wildman–Crippen MR) is 144 cm³/mol. The minimum atomic E-state index is -0.116. The Morgan fingerprint density at radius 2 is 0.842 bits per heavy atom. The maximum absolute atomic E-state index is 12.5. The van der Waals surface area contributed by atoms with Gasteiger partial charge in [-0.15, -0.1) is 0 Å². The number of carbonyl (C=O) groups excluding carboxylic acids is 2. The smallest absolute Gasteiger partial charge is 0.193 e. The van der Waals surface area contributed by atoms with Crippen LogP contribution in [0.25, 0.3) is 0 Å². The highest BCUT2D eigenvalue weighted by Gasteiger charge is 2.11. The van der Waals surface area contributed by atoms with Gasteiger partial charge in [-0.25, -0.2) is 0 Å². The molecule has 0 bridgehead atoms. The van der Waals surface area contributed by atoms with Crippen molar-refractivity contribution < 1.29 is 29.3 Å². The van der Waals surface area contributed by atoms with E-state index >= 15 is 0 Å². The van der Waals surface area contributed by atoms with E-state index < -0.39 is 0 Å². The van der Waals surface area contributed by atoms with Crippen LogP contribution in [0, 0.1) is 0 Å². The van der Waals surface area contributed by atoms with Crippen LogP contribution in [-0.4, -0.2) is 60.0 Å². The lowest BCUT2D eigenvalue weighted by atomic mass is 10.0. The Morgan fingerprint density at radius 3 is 1.16 bits per heavy atom. The van der Waals surface area contributed by atoms with Gasteiger partial charge in [-0.1, -0.05) is 0 Å². The quantitative estimate of drug-likeness (QED) is 0.260. The highest BCUT2D eigenvalue weighted by Crippen LogP contribution is 2.19. The molecular weight excluding hydrogens is 482 g/mol. The van der Waals surface area contributed by atoms with Gasteiger partial charge >= 0.3 is 0 Å². The van der Waals surface area contributed by atoms with Crippen molar-refractivity contribution in [3.8, 4) is 23.0 Å². The summed E-state index contributed by atoms with van der Waals surface area (Å²) in [4.78, 5) is 27.1. The van der Waals surface area contributed by atoms with Gasteiger partial charge in [-0.2, -0.15) is 0 Å². The van der Waals surface area contributed by atoms with Crippen molar-refractivity contribution in [2.24, 2.45) is 0 Å². The molecule has 0 aliphatic heterocycles. The minimum Gasteiger partial charge on any atom is -0.508 e. The van der Waals surface area contributed by atoms with Crippen LogP contribution in [0.4, 0.5) is 0 Å². The Labute approximate surface area is 221 Å². The number of rotatable bonds is 12. The molecule has 2 N–H and O–H groups in total. The molecule has 0 heterocycles. The molecule has 38 heavy (non-hydrogen) atoms. The zero-order valence-electron chi connectivity index (χ0n) is 21.0. The molecule has 0 aliphatic carbocycles. The molecule has 194 valence electrons. The van der Waals surface area contributed by atoms with E-state index in [1.165, 1.54) is 24.3 Å². The zero-order chi connectivity index (χ0) is 26.9. The number of aromatic hydroxyl groups is 2. The van der Waals surface area contributed by atoms with Crippen LogP contribution >= 0.6 is 0 Å². The minimum absolute atomic E-state index is 0.116. The van der Waals surface area contributed by atoms with E-state index in [1.807, 2.05) is 7.05 Å². The number of ether oxygens (including phenoxy) is 2. The molecule has 0 radical (unpaired) electrons. The number of phenols is 2. The summed E-state index contributed by atoms with van der Waals surface area (Å²) in [6, 6.07) is 26.3. The Balaban J connectivity index is 1.16. The molecule has 0 saturated carbocycles. The number of nitrogens with zero attached hydrogens (tertiary/aromatic N) is 1. The van der Waals surface area contributed by atoms with Crippen molar-refractivity contribution in [1.29, 1.82) is 0 Å². The third kappa shape index (κ3) is 7.21. The van der Waals surface area contributed by atoms with E-state index in [2.05, 4.69) is 4.90 Å². The molecule has 7 heteroatoms. The number of benzene rings is 4. The van der Waals surface area contributed by atoms with Crippen LogP contribution in [0.2, 0.25) is 0 Å². The molecule has 4 rings (SSSR count). The topological polar surface area (TPSA) is 96.3 Å². The molecule has 4 aromatic rings. The molecule has 0 unspecified atom stereocenters. The highest BCUT2D eigenvalue weighted by atomic mass is 16.5. The third-order valence-electron chi connectivity index (χ3n) is 5.98. The van der Waals surface area contributed by atoms with Crippen molar-refractivity contribution in [3.05, 3.63) is 119 Å². The second-order valence-electron chi connectivity index (χ2n) is 8.80. The van der Waals surface area contributed by atoms with Crippen LogP contribution in [0.1, 0.15) is 31.8 Å². The first-order chi connectivity index (χ1) is 18.4. The molecular formula is C31H29NO6. The monoisotopic (exact) mass is 511 g/mol. The fourth-order valence-corrected chi connectivity index (χ4v) is 3.71. The van der Waals surface area contributed by atoms with Gasteiger partial charge in [-0.05, 0) is 104 Å². The summed E-state index contributed by atoms with van der Waals surface area (Å²) in [5, 5.41) is 18.8. The standard InChI is InChI=1S/C31H29NO6/c1-32(18-20-37-28-14-6-24(7-15-28)30(35)22-2-10-26(33)11-3-22)19-21-38-29-16-8-25(9-17-29)31(36)23-4-12-27(34)13-5-23/h2-17,33-34H,18-21H2,1H3. The lowest BCUT2D eigenvalue weighted by molar-refractivity contribution is 0.103. The summed E-state index contributed by atoms with van der Waals surface area (Å²) >= 11 is 0. The number of hydrogen-bond acceptors (Lipinski definition) is 7. The summed E-state index contributed by atoms with van der Waals surface area (Å²) in [5.41, 5.74) is 2.13. The van der Waals surface area contributed by atoms with Crippen molar-refractivity contribution in [3.63, 3.8) is 0 Å². The van der Waals surface area contributed by atoms with E-state index in [0.717, 1.165) is 0 Å². The van der Waals surface area contributed by atoms with Gasteiger partial charge in [0.25, 0.3) is 0 Å². The Hall–Kier alpha value is -4.62. The van der Waals surface area contributed by atoms with Crippen LogP contribution in [0.3, 0.4) is 0 Å². The number of likely N-dealkylation sites (N-methyl/N-ethyl adjacent to an activating group) is 1. The van der Waals surface area contributed by atoms with Gasteiger partial charge in [0.15, 0.2) is 11.6 Å². The van der Waals surface area contributed by atoms with Crippen LogP contribution in [-0.2, 0) is 0 Å². The van der Waals surface area contributed by atoms with E-state index in [-0.39, 0.29) is 23.1 Å². The number of phenolic OH excluding ortho intramolecular Hbond substituents is 2. The third-order valence-corrected chi connectivity index (χ3v) is 5.98. The molecule has 0 saturated heterocycles. The van der Waals surface area contributed by atoms with Gasteiger partial charge in [0.05, 0.1) is 0 Å². The highest BCUT2D eigenvalue weighted by molar-refractivity contribution is 6.09. The number of hydrogen-bond donors (Lipinski definition) is 2. The van der Waals surface area contributed by atoms with Gasteiger partial charge in [0.2, 0.25) is 0 Å².